The average Bonchev–Trinajstić information content (AvgIpc) is 2.83. The lowest BCUT2D eigenvalue weighted by Crippen LogP contribution is -2.08. The molecule has 1 N–H and O–H groups in total. The number of thiophene rings is 1. The van der Waals surface area contributed by atoms with E-state index in [4.69, 9.17) is 0 Å². The lowest BCUT2D eigenvalue weighted by atomic mass is 9.99. The molecule has 1 unspecified atom stereocenters. The Kier molecular flexibility index (Phi) is 3.73. The van der Waals surface area contributed by atoms with Crippen LogP contribution in [-0.4, -0.2) is 11.1 Å². The van der Waals surface area contributed by atoms with Gasteiger partial charge in [-0.3, -0.25) is 4.79 Å². The summed E-state index contributed by atoms with van der Waals surface area (Å²) in [5.41, 5.74) is 0.799. The molecule has 0 radical (unpaired) electrons. The first-order valence-corrected chi connectivity index (χ1v) is 6.15. The lowest BCUT2D eigenvalue weighted by Gasteiger charge is -2.07. The molecule has 3 heteroatoms. The van der Waals surface area contributed by atoms with Gasteiger partial charge in [0.15, 0.2) is 0 Å². The highest BCUT2D eigenvalue weighted by Gasteiger charge is 2.15. The molecule has 1 aromatic carbocycles. The van der Waals surface area contributed by atoms with Crippen LogP contribution >= 0.6 is 11.3 Å². The van der Waals surface area contributed by atoms with Crippen molar-refractivity contribution in [2.24, 2.45) is 0 Å². The van der Waals surface area contributed by atoms with Crippen LogP contribution in [0.1, 0.15) is 16.4 Å². The fraction of sp³-hybridized carbons (Fsp3) is 0.0714. The normalized spacial score (nSPS) is 12.7. The zero-order chi connectivity index (χ0) is 12.1. The van der Waals surface area contributed by atoms with Crippen LogP contribution in [0, 0.1) is 0 Å². The summed E-state index contributed by atoms with van der Waals surface area (Å²) in [5, 5.41) is 11.2. The Morgan fingerprint density at radius 3 is 2.53 bits per heavy atom. The van der Waals surface area contributed by atoms with Crippen LogP contribution in [0.4, 0.5) is 0 Å². The van der Waals surface area contributed by atoms with Crippen LogP contribution < -0.4 is 0 Å². The Morgan fingerprint density at radius 2 is 1.94 bits per heavy atom. The van der Waals surface area contributed by atoms with E-state index in [-0.39, 0.29) is 0 Å². The molecule has 0 amide bonds. The number of rotatable bonds is 4. The molecular weight excluding hydrogens is 232 g/mol. The fourth-order valence-corrected chi connectivity index (χ4v) is 2.20. The van der Waals surface area contributed by atoms with Gasteiger partial charge >= 0.3 is 5.97 Å². The number of hydrogen-bond donors (Lipinski definition) is 1. The summed E-state index contributed by atoms with van der Waals surface area (Å²) < 4.78 is 0. The summed E-state index contributed by atoms with van der Waals surface area (Å²) in [6.07, 6.45) is 3.58. The second-order valence-electron chi connectivity index (χ2n) is 3.60. The number of benzene rings is 1. The van der Waals surface area contributed by atoms with Gasteiger partial charge in [-0.05, 0) is 23.1 Å². The predicted octanol–water partition coefficient (Wildman–Crippen LogP) is 3.63. The first-order chi connectivity index (χ1) is 8.27. The van der Waals surface area contributed by atoms with Crippen LogP contribution in [0.3, 0.4) is 0 Å². The summed E-state index contributed by atoms with van der Waals surface area (Å²) in [6.45, 7) is 0. The number of aliphatic carboxylic acids is 1. The molecule has 0 fully saturated rings. The van der Waals surface area contributed by atoms with Crippen molar-refractivity contribution in [1.29, 1.82) is 0 Å². The Hall–Kier alpha value is -1.87. The minimum atomic E-state index is -0.830. The van der Waals surface area contributed by atoms with Crippen LogP contribution in [-0.2, 0) is 4.79 Å². The van der Waals surface area contributed by atoms with E-state index < -0.39 is 11.9 Å². The molecule has 2 rings (SSSR count). The summed E-state index contributed by atoms with van der Waals surface area (Å²) >= 11 is 1.59. The highest BCUT2D eigenvalue weighted by molar-refractivity contribution is 7.10. The second kappa shape index (κ2) is 5.46. The van der Waals surface area contributed by atoms with Crippen molar-refractivity contribution in [2.45, 2.75) is 5.92 Å². The molecule has 86 valence electrons. The smallest absolute Gasteiger partial charge is 0.314 e. The van der Waals surface area contributed by atoms with Crippen LogP contribution in [0.5, 0.6) is 0 Å². The molecule has 0 bridgehead atoms. The van der Waals surface area contributed by atoms with Crippen LogP contribution in [0.25, 0.3) is 6.08 Å². The minimum Gasteiger partial charge on any atom is -0.481 e. The molecule has 0 spiro atoms. The molecule has 0 saturated heterocycles. The standard InChI is InChI=1S/C14H12O2S/c15-14(16)13(11-5-2-1-3-6-11)9-8-12-7-4-10-17-12/h1-10,13H,(H,15,16). The van der Waals surface area contributed by atoms with E-state index in [1.807, 2.05) is 53.9 Å². The van der Waals surface area contributed by atoms with Gasteiger partial charge in [0.1, 0.15) is 5.92 Å². The third kappa shape index (κ3) is 3.04. The third-order valence-electron chi connectivity index (χ3n) is 2.42. The molecule has 0 aliphatic heterocycles. The van der Waals surface area contributed by atoms with Crippen molar-refractivity contribution < 1.29 is 9.90 Å². The van der Waals surface area contributed by atoms with Crippen molar-refractivity contribution >= 4 is 23.4 Å². The van der Waals surface area contributed by atoms with Gasteiger partial charge in [-0.15, -0.1) is 11.3 Å². The van der Waals surface area contributed by atoms with Gasteiger partial charge in [0, 0.05) is 4.88 Å². The molecule has 1 heterocycles. The van der Waals surface area contributed by atoms with Gasteiger partial charge in [-0.1, -0.05) is 42.5 Å². The van der Waals surface area contributed by atoms with E-state index in [9.17, 15) is 9.90 Å². The maximum absolute atomic E-state index is 11.2. The maximum Gasteiger partial charge on any atom is 0.314 e. The van der Waals surface area contributed by atoms with E-state index >= 15 is 0 Å². The summed E-state index contributed by atoms with van der Waals surface area (Å²) in [7, 11) is 0. The van der Waals surface area contributed by atoms with Crippen LogP contribution in [0.15, 0.2) is 53.9 Å². The van der Waals surface area contributed by atoms with E-state index in [0.29, 0.717) is 0 Å². The first kappa shape index (κ1) is 11.6. The summed E-state index contributed by atoms with van der Waals surface area (Å²) in [4.78, 5) is 12.3. The van der Waals surface area contributed by atoms with Crippen molar-refractivity contribution in [1.82, 2.24) is 0 Å². The van der Waals surface area contributed by atoms with Gasteiger partial charge in [-0.25, -0.2) is 0 Å². The van der Waals surface area contributed by atoms with Gasteiger partial charge in [0.2, 0.25) is 0 Å². The lowest BCUT2D eigenvalue weighted by molar-refractivity contribution is -0.137. The van der Waals surface area contributed by atoms with Crippen molar-refractivity contribution in [2.75, 3.05) is 0 Å². The van der Waals surface area contributed by atoms with Gasteiger partial charge < -0.3 is 5.11 Å². The first-order valence-electron chi connectivity index (χ1n) is 5.27. The molecule has 0 aliphatic carbocycles. The topological polar surface area (TPSA) is 37.3 Å². The molecular formula is C14H12O2S. The van der Waals surface area contributed by atoms with Crippen molar-refractivity contribution in [3.8, 4) is 0 Å². The predicted molar refractivity (Wildman–Crippen MR) is 70.2 cm³/mol. The number of hydrogen-bond acceptors (Lipinski definition) is 2. The number of carboxylic acids is 1. The van der Waals surface area contributed by atoms with E-state index in [1.165, 1.54) is 0 Å². The average molecular weight is 244 g/mol. The Labute approximate surface area is 104 Å². The SMILES string of the molecule is O=C(O)C(C=Cc1cccs1)c1ccccc1. The Morgan fingerprint density at radius 1 is 1.18 bits per heavy atom. The number of carbonyl (C=O) groups is 1. The quantitative estimate of drug-likeness (QED) is 0.891. The van der Waals surface area contributed by atoms with Gasteiger partial charge in [0.25, 0.3) is 0 Å². The zero-order valence-corrected chi connectivity index (χ0v) is 9.93. The molecule has 1 atom stereocenters. The van der Waals surface area contributed by atoms with Gasteiger partial charge in [-0.2, -0.15) is 0 Å². The molecule has 2 aromatic rings. The molecule has 0 saturated carbocycles. The summed E-state index contributed by atoms with van der Waals surface area (Å²) in [6, 6.07) is 13.2. The highest BCUT2D eigenvalue weighted by Crippen LogP contribution is 2.20. The highest BCUT2D eigenvalue weighted by atomic mass is 32.1. The van der Waals surface area contributed by atoms with Crippen molar-refractivity contribution in [3.63, 3.8) is 0 Å². The maximum atomic E-state index is 11.2. The Balaban J connectivity index is 2.22. The second-order valence-corrected chi connectivity index (χ2v) is 4.58. The monoisotopic (exact) mass is 244 g/mol. The molecule has 0 aliphatic rings. The molecule has 17 heavy (non-hydrogen) atoms. The molecule has 1 aromatic heterocycles. The van der Waals surface area contributed by atoms with E-state index in [0.717, 1.165) is 10.4 Å². The van der Waals surface area contributed by atoms with Gasteiger partial charge in [0.05, 0.1) is 0 Å². The molecule has 2 nitrogen and oxygen atoms in total. The largest absolute Gasteiger partial charge is 0.481 e. The zero-order valence-electron chi connectivity index (χ0n) is 9.11. The van der Waals surface area contributed by atoms with Crippen LogP contribution in [0.2, 0.25) is 0 Å². The van der Waals surface area contributed by atoms with E-state index in [2.05, 4.69) is 0 Å². The van der Waals surface area contributed by atoms with Crippen molar-refractivity contribution in [3.05, 3.63) is 64.4 Å². The third-order valence-corrected chi connectivity index (χ3v) is 3.26. The number of carboxylic acid groups (broad SMARTS) is 1. The summed E-state index contributed by atoms with van der Waals surface area (Å²) in [5.74, 6) is -1.41. The Bertz CT molecular complexity index is 500. The fourth-order valence-electron chi connectivity index (χ4n) is 1.57. The van der Waals surface area contributed by atoms with E-state index in [1.54, 1.807) is 17.4 Å². The minimum absolute atomic E-state index is 0.585.